The number of hydrogen-bond donors (Lipinski definition) is 0. The Hall–Kier alpha value is -0.561. The first-order valence-electron chi connectivity index (χ1n) is 7.91. The van der Waals surface area contributed by atoms with Crippen LogP contribution in [0.15, 0.2) is 60.7 Å². The van der Waals surface area contributed by atoms with Crippen LogP contribution < -0.4 is 8.92 Å². The first-order valence-corrected chi connectivity index (χ1v) is 12.0. The summed E-state index contributed by atoms with van der Waals surface area (Å²) in [6.45, 7) is 0. The molecule has 1 nitrogen and oxygen atoms in total. The van der Waals surface area contributed by atoms with Crippen molar-refractivity contribution >= 4 is 38.8 Å². The van der Waals surface area contributed by atoms with Crippen molar-refractivity contribution in [2.75, 3.05) is 0 Å². The van der Waals surface area contributed by atoms with Gasteiger partial charge in [-0.25, -0.2) is 0 Å². The zero-order valence-corrected chi connectivity index (χ0v) is 16.1. The Morgan fingerprint density at radius 1 is 0.727 bits per heavy atom. The number of rotatable bonds is 6. The summed E-state index contributed by atoms with van der Waals surface area (Å²) in [5, 5.41) is 2.46. The summed E-state index contributed by atoms with van der Waals surface area (Å²) in [6.07, 6.45) is 4.83. The number of hydrogen-bond acceptors (Lipinski definition) is 1. The van der Waals surface area contributed by atoms with Gasteiger partial charge in [0.25, 0.3) is 0 Å². The fraction of sp³-hybridized carbons (Fsp3) is 0.368. The van der Waals surface area contributed by atoms with Gasteiger partial charge in [-0.2, -0.15) is 0 Å². The van der Waals surface area contributed by atoms with Gasteiger partial charge in [-0.15, -0.1) is 0 Å². The van der Waals surface area contributed by atoms with E-state index in [0.717, 1.165) is 0 Å². The Bertz CT molecular complexity index is 494. The molecule has 116 valence electrons. The third-order valence-electron chi connectivity index (χ3n) is 3.80. The van der Waals surface area contributed by atoms with Crippen LogP contribution in [0, 0.1) is 0 Å². The van der Waals surface area contributed by atoms with Crippen molar-refractivity contribution in [3.05, 3.63) is 60.7 Å². The predicted molar refractivity (Wildman–Crippen MR) is 95.8 cm³/mol. The monoisotopic (exact) mass is 426 g/mol. The molecule has 3 rings (SSSR count). The van der Waals surface area contributed by atoms with E-state index >= 15 is 0 Å². The average Bonchev–Trinajstić information content (AvgIpc) is 2.60. The van der Waals surface area contributed by atoms with Crippen LogP contribution in [-0.2, 0) is 4.74 Å². The molecule has 0 radical (unpaired) electrons. The first-order chi connectivity index (χ1) is 10.9. The van der Waals surface area contributed by atoms with Crippen LogP contribution in [0.25, 0.3) is 0 Å². The van der Waals surface area contributed by atoms with Gasteiger partial charge in [-0.1, -0.05) is 0 Å². The van der Waals surface area contributed by atoms with Gasteiger partial charge in [0, 0.05) is 0 Å². The van der Waals surface area contributed by atoms with Crippen molar-refractivity contribution in [2.24, 2.45) is 0 Å². The quantitative estimate of drug-likeness (QED) is 0.649. The molecule has 22 heavy (non-hydrogen) atoms. The fourth-order valence-corrected chi connectivity index (χ4v) is 6.72. The summed E-state index contributed by atoms with van der Waals surface area (Å²) < 4.78 is 9.35. The molecule has 0 saturated carbocycles. The molecule has 0 N–H and O–H groups in total. The third-order valence-corrected chi connectivity index (χ3v) is 8.60. The van der Waals surface area contributed by atoms with E-state index in [2.05, 4.69) is 60.7 Å². The van der Waals surface area contributed by atoms with Crippen molar-refractivity contribution in [1.29, 1.82) is 0 Å². The van der Waals surface area contributed by atoms with Crippen molar-refractivity contribution < 1.29 is 4.74 Å². The van der Waals surface area contributed by atoms with Gasteiger partial charge >= 0.3 is 146 Å². The Kier molecular flexibility index (Phi) is 6.60. The van der Waals surface area contributed by atoms with Gasteiger partial charge in [0.1, 0.15) is 0 Å². The van der Waals surface area contributed by atoms with Gasteiger partial charge in [0.15, 0.2) is 0 Å². The summed E-state index contributed by atoms with van der Waals surface area (Å²) in [5.74, 6) is 0. The van der Waals surface area contributed by atoms with Crippen molar-refractivity contribution in [3.63, 3.8) is 0 Å². The molecule has 2 aromatic rings. The van der Waals surface area contributed by atoms with E-state index in [0.29, 0.717) is 42.1 Å². The maximum atomic E-state index is 6.36. The van der Waals surface area contributed by atoms with Crippen LogP contribution in [-0.4, -0.2) is 42.1 Å². The fourth-order valence-electron chi connectivity index (χ4n) is 2.64. The molecule has 2 atom stereocenters. The van der Waals surface area contributed by atoms with Crippen LogP contribution in [0.4, 0.5) is 0 Å². The SMILES string of the molecule is c1ccc([Se]C[C@@H]2CCC[C@@H](C[Se]c3ccccc3)O2)cc1. The van der Waals surface area contributed by atoms with E-state index < -0.39 is 0 Å². The Labute approximate surface area is 146 Å². The standard InChI is InChI=1S/C19H22OSe2/c1-3-10-18(11-4-1)21-14-16-8-7-9-17(20-16)15-22-19-12-5-2-6-13-19/h1-6,10-13,16-17H,7-9,14-15H2/t16-,17-/m0/s1. The van der Waals surface area contributed by atoms with Crippen LogP contribution in [0.1, 0.15) is 19.3 Å². The summed E-state index contributed by atoms with van der Waals surface area (Å²) in [6, 6.07) is 21.8. The van der Waals surface area contributed by atoms with E-state index in [4.69, 9.17) is 4.74 Å². The average molecular weight is 424 g/mol. The zero-order chi connectivity index (χ0) is 15.0. The van der Waals surface area contributed by atoms with E-state index in [1.54, 1.807) is 0 Å². The zero-order valence-electron chi connectivity index (χ0n) is 12.7. The van der Waals surface area contributed by atoms with Gasteiger partial charge in [0.2, 0.25) is 0 Å². The van der Waals surface area contributed by atoms with E-state index in [-0.39, 0.29) is 0 Å². The van der Waals surface area contributed by atoms with Crippen molar-refractivity contribution in [2.45, 2.75) is 42.1 Å². The molecule has 1 aliphatic heterocycles. The molecule has 1 aliphatic rings. The molecule has 0 spiro atoms. The molecule has 1 heterocycles. The molecule has 0 amide bonds. The maximum absolute atomic E-state index is 6.36. The molecule has 0 aliphatic carbocycles. The van der Waals surface area contributed by atoms with Crippen molar-refractivity contribution in [3.8, 4) is 0 Å². The van der Waals surface area contributed by atoms with Crippen molar-refractivity contribution in [1.82, 2.24) is 0 Å². The van der Waals surface area contributed by atoms with E-state index in [9.17, 15) is 0 Å². The second kappa shape index (κ2) is 8.91. The predicted octanol–water partition coefficient (Wildman–Crippen LogP) is 2.82. The van der Waals surface area contributed by atoms with Gasteiger partial charge in [0.05, 0.1) is 0 Å². The van der Waals surface area contributed by atoms with E-state index in [1.165, 1.54) is 38.8 Å². The second-order valence-corrected chi connectivity index (χ2v) is 10.1. The Morgan fingerprint density at radius 2 is 1.18 bits per heavy atom. The van der Waals surface area contributed by atoms with Gasteiger partial charge < -0.3 is 0 Å². The molecular weight excluding hydrogens is 402 g/mol. The normalized spacial score (nSPS) is 21.6. The van der Waals surface area contributed by atoms with Crippen LogP contribution >= 0.6 is 0 Å². The minimum absolute atomic E-state index is 0.491. The van der Waals surface area contributed by atoms with E-state index in [1.807, 2.05) is 0 Å². The Morgan fingerprint density at radius 3 is 1.64 bits per heavy atom. The molecule has 0 aromatic heterocycles. The molecule has 2 aromatic carbocycles. The van der Waals surface area contributed by atoms with Crippen LogP contribution in [0.3, 0.4) is 0 Å². The Balaban J connectivity index is 1.43. The number of benzene rings is 2. The van der Waals surface area contributed by atoms with Crippen LogP contribution in [0.2, 0.25) is 10.6 Å². The first kappa shape index (κ1) is 16.3. The molecule has 1 saturated heterocycles. The van der Waals surface area contributed by atoms with Gasteiger partial charge in [-0.3, -0.25) is 0 Å². The summed E-state index contributed by atoms with van der Waals surface area (Å²) in [5.41, 5.74) is 0. The van der Waals surface area contributed by atoms with Gasteiger partial charge in [-0.05, 0) is 0 Å². The summed E-state index contributed by atoms with van der Waals surface area (Å²) in [7, 11) is 0. The molecular formula is C19H22OSe2. The third kappa shape index (κ3) is 5.26. The molecule has 1 fully saturated rings. The van der Waals surface area contributed by atoms with Crippen LogP contribution in [0.5, 0.6) is 0 Å². The summed E-state index contributed by atoms with van der Waals surface area (Å²) in [4.78, 5) is 0. The molecule has 0 unspecified atom stereocenters. The minimum atomic E-state index is 0.491. The summed E-state index contributed by atoms with van der Waals surface area (Å²) >= 11 is 1.11. The number of ether oxygens (including phenoxy) is 1. The molecule has 0 bridgehead atoms. The molecule has 3 heteroatoms. The topological polar surface area (TPSA) is 9.23 Å². The second-order valence-electron chi connectivity index (χ2n) is 5.56.